The molecule has 0 bridgehead atoms. The van der Waals surface area contributed by atoms with E-state index < -0.39 is 5.97 Å². The van der Waals surface area contributed by atoms with Gasteiger partial charge in [0.1, 0.15) is 6.54 Å². The van der Waals surface area contributed by atoms with Crippen molar-refractivity contribution in [2.45, 2.75) is 13.5 Å². The molecule has 0 aliphatic heterocycles. The fourth-order valence-electron chi connectivity index (χ4n) is 1.96. The molecule has 0 amide bonds. The molecule has 2 rings (SSSR count). The highest BCUT2D eigenvalue weighted by atomic mass is 16.5. The number of hydrogen-bond acceptors (Lipinski definition) is 5. The summed E-state index contributed by atoms with van der Waals surface area (Å²) in [6.45, 7) is 1.98. The Kier molecular flexibility index (Phi) is 3.97. The van der Waals surface area contributed by atoms with E-state index in [0.29, 0.717) is 29.1 Å². The number of ether oxygens (including phenoxy) is 3. The number of carboxylic acids is 1. The number of methoxy groups -OCH3 is 2. The van der Waals surface area contributed by atoms with Crippen LogP contribution in [0.2, 0.25) is 0 Å². The molecular formula is C13H16N2O5. The first-order chi connectivity index (χ1) is 9.60. The van der Waals surface area contributed by atoms with Gasteiger partial charge in [-0.05, 0) is 6.92 Å². The Hall–Kier alpha value is -2.44. The summed E-state index contributed by atoms with van der Waals surface area (Å²) >= 11 is 0. The molecule has 0 fully saturated rings. The smallest absolute Gasteiger partial charge is 0.323 e. The van der Waals surface area contributed by atoms with E-state index in [1.54, 1.807) is 12.1 Å². The molecule has 1 aromatic heterocycles. The zero-order valence-electron chi connectivity index (χ0n) is 11.5. The molecule has 0 unspecified atom stereocenters. The molecule has 0 saturated heterocycles. The standard InChI is InChI=1S/C13H16N2O5/c1-4-20-13-14-8-5-10(18-2)11(19-3)6-9(8)15(13)7-12(16)17/h5-6H,4,7H2,1-3H3,(H,16,17). The molecule has 1 heterocycles. The van der Waals surface area contributed by atoms with Crippen LogP contribution in [0.3, 0.4) is 0 Å². The number of aliphatic carboxylic acids is 1. The first kappa shape index (κ1) is 14.0. The first-order valence-electron chi connectivity index (χ1n) is 6.07. The highest BCUT2D eigenvalue weighted by Gasteiger charge is 2.17. The Bertz CT molecular complexity index is 635. The highest BCUT2D eigenvalue weighted by molar-refractivity contribution is 5.83. The van der Waals surface area contributed by atoms with Crippen molar-refractivity contribution in [2.24, 2.45) is 0 Å². The molecule has 108 valence electrons. The largest absolute Gasteiger partial charge is 0.493 e. The normalized spacial score (nSPS) is 10.6. The van der Waals surface area contributed by atoms with E-state index in [2.05, 4.69) is 4.98 Å². The van der Waals surface area contributed by atoms with Gasteiger partial charge in [0.05, 0.1) is 31.9 Å². The molecule has 0 spiro atoms. The molecule has 1 aromatic carbocycles. The summed E-state index contributed by atoms with van der Waals surface area (Å²) in [7, 11) is 3.05. The zero-order valence-corrected chi connectivity index (χ0v) is 11.5. The molecule has 7 heteroatoms. The van der Waals surface area contributed by atoms with Gasteiger partial charge in [-0.2, -0.15) is 4.98 Å². The lowest BCUT2D eigenvalue weighted by Gasteiger charge is -2.09. The van der Waals surface area contributed by atoms with Crippen LogP contribution in [0.15, 0.2) is 12.1 Å². The molecule has 0 saturated carbocycles. The summed E-state index contributed by atoms with van der Waals surface area (Å²) in [5.41, 5.74) is 1.21. The molecule has 7 nitrogen and oxygen atoms in total. The summed E-state index contributed by atoms with van der Waals surface area (Å²) in [6.07, 6.45) is 0. The Labute approximate surface area is 115 Å². The number of aromatic nitrogens is 2. The van der Waals surface area contributed by atoms with Crippen molar-refractivity contribution in [1.82, 2.24) is 9.55 Å². The minimum Gasteiger partial charge on any atom is -0.493 e. The maximum Gasteiger partial charge on any atom is 0.323 e. The number of hydrogen-bond donors (Lipinski definition) is 1. The van der Waals surface area contributed by atoms with Gasteiger partial charge in [0.15, 0.2) is 11.5 Å². The highest BCUT2D eigenvalue weighted by Crippen LogP contribution is 2.33. The van der Waals surface area contributed by atoms with Gasteiger partial charge >= 0.3 is 5.97 Å². The summed E-state index contributed by atoms with van der Waals surface area (Å²) in [4.78, 5) is 15.3. The van der Waals surface area contributed by atoms with Gasteiger partial charge in [0.2, 0.25) is 0 Å². The average Bonchev–Trinajstić information content (AvgIpc) is 2.74. The van der Waals surface area contributed by atoms with Crippen LogP contribution >= 0.6 is 0 Å². The average molecular weight is 280 g/mol. The third-order valence-corrected chi connectivity index (χ3v) is 2.79. The Morgan fingerprint density at radius 1 is 1.30 bits per heavy atom. The minimum atomic E-state index is -0.972. The molecule has 0 atom stereocenters. The molecular weight excluding hydrogens is 264 g/mol. The lowest BCUT2D eigenvalue weighted by molar-refractivity contribution is -0.137. The number of carbonyl (C=O) groups is 1. The van der Waals surface area contributed by atoms with Crippen LogP contribution in [-0.4, -0.2) is 41.5 Å². The predicted octanol–water partition coefficient (Wildman–Crippen LogP) is 1.54. The Morgan fingerprint density at radius 2 is 1.95 bits per heavy atom. The van der Waals surface area contributed by atoms with E-state index >= 15 is 0 Å². The van der Waals surface area contributed by atoms with E-state index in [0.717, 1.165) is 0 Å². The van der Waals surface area contributed by atoms with Crippen LogP contribution in [0.1, 0.15) is 6.92 Å². The minimum absolute atomic E-state index is 0.235. The third-order valence-electron chi connectivity index (χ3n) is 2.79. The zero-order chi connectivity index (χ0) is 14.7. The van der Waals surface area contributed by atoms with Crippen molar-refractivity contribution in [3.05, 3.63) is 12.1 Å². The number of fused-ring (bicyclic) bond motifs is 1. The second-order valence-corrected chi connectivity index (χ2v) is 4.00. The maximum atomic E-state index is 11.0. The van der Waals surface area contributed by atoms with Crippen LogP contribution in [0.25, 0.3) is 11.0 Å². The van der Waals surface area contributed by atoms with Crippen LogP contribution in [-0.2, 0) is 11.3 Å². The molecule has 0 aliphatic rings. The van der Waals surface area contributed by atoms with Gasteiger partial charge in [0.25, 0.3) is 6.01 Å². The second-order valence-electron chi connectivity index (χ2n) is 4.00. The summed E-state index contributed by atoms with van der Waals surface area (Å²) in [6, 6.07) is 3.64. The van der Waals surface area contributed by atoms with Gasteiger partial charge < -0.3 is 19.3 Å². The van der Waals surface area contributed by atoms with E-state index in [1.807, 2.05) is 6.92 Å². The topological polar surface area (TPSA) is 82.8 Å². The number of rotatable bonds is 6. The van der Waals surface area contributed by atoms with Gasteiger partial charge in [-0.15, -0.1) is 0 Å². The van der Waals surface area contributed by atoms with Gasteiger partial charge in [-0.3, -0.25) is 9.36 Å². The molecule has 2 aromatic rings. The van der Waals surface area contributed by atoms with Gasteiger partial charge in [-0.25, -0.2) is 0 Å². The maximum absolute atomic E-state index is 11.0. The number of carboxylic acid groups (broad SMARTS) is 1. The van der Waals surface area contributed by atoms with Gasteiger partial charge in [-0.1, -0.05) is 0 Å². The van der Waals surface area contributed by atoms with E-state index in [9.17, 15) is 4.79 Å². The van der Waals surface area contributed by atoms with Crippen LogP contribution in [0.5, 0.6) is 17.5 Å². The van der Waals surface area contributed by atoms with Crippen LogP contribution in [0.4, 0.5) is 0 Å². The van der Waals surface area contributed by atoms with Gasteiger partial charge in [0, 0.05) is 12.1 Å². The monoisotopic (exact) mass is 280 g/mol. The number of imidazole rings is 1. The molecule has 1 N–H and O–H groups in total. The lowest BCUT2D eigenvalue weighted by Crippen LogP contribution is -2.11. The predicted molar refractivity (Wildman–Crippen MR) is 71.6 cm³/mol. The fraction of sp³-hybridized carbons (Fsp3) is 0.385. The number of benzene rings is 1. The number of nitrogens with zero attached hydrogens (tertiary/aromatic N) is 2. The van der Waals surface area contributed by atoms with Crippen molar-refractivity contribution in [3.63, 3.8) is 0 Å². The fourth-order valence-corrected chi connectivity index (χ4v) is 1.96. The summed E-state index contributed by atoms with van der Waals surface area (Å²) in [5, 5.41) is 9.00. The lowest BCUT2D eigenvalue weighted by atomic mass is 10.2. The van der Waals surface area contributed by atoms with Crippen LogP contribution in [0, 0.1) is 0 Å². The van der Waals surface area contributed by atoms with Crippen molar-refractivity contribution in [1.29, 1.82) is 0 Å². The molecule has 0 aliphatic carbocycles. The quantitative estimate of drug-likeness (QED) is 0.864. The Morgan fingerprint density at radius 3 is 2.50 bits per heavy atom. The molecule has 0 radical (unpaired) electrons. The molecule has 20 heavy (non-hydrogen) atoms. The van der Waals surface area contributed by atoms with E-state index in [4.69, 9.17) is 19.3 Å². The Balaban J connectivity index is 2.64. The summed E-state index contributed by atoms with van der Waals surface area (Å²) < 4.78 is 17.3. The van der Waals surface area contributed by atoms with E-state index in [-0.39, 0.29) is 12.6 Å². The van der Waals surface area contributed by atoms with E-state index in [1.165, 1.54) is 18.8 Å². The van der Waals surface area contributed by atoms with Crippen molar-refractivity contribution in [3.8, 4) is 17.5 Å². The van der Waals surface area contributed by atoms with Crippen LogP contribution < -0.4 is 14.2 Å². The van der Waals surface area contributed by atoms with Crippen molar-refractivity contribution < 1.29 is 24.1 Å². The second kappa shape index (κ2) is 5.68. The van der Waals surface area contributed by atoms with Crippen molar-refractivity contribution >= 4 is 17.0 Å². The summed E-state index contributed by atoms with van der Waals surface area (Å²) in [5.74, 6) is 0.0673. The third kappa shape index (κ3) is 2.47. The van der Waals surface area contributed by atoms with Crippen molar-refractivity contribution in [2.75, 3.05) is 20.8 Å². The SMILES string of the molecule is CCOc1nc2cc(OC)c(OC)cc2n1CC(=O)O. The first-order valence-corrected chi connectivity index (χ1v) is 6.07.